The van der Waals surface area contributed by atoms with Gasteiger partial charge in [-0.2, -0.15) is 13.2 Å². The number of alkyl halides is 3. The molecule has 0 fully saturated rings. The van der Waals surface area contributed by atoms with E-state index in [9.17, 15) is 22.8 Å². The minimum atomic E-state index is -4.93. The van der Waals surface area contributed by atoms with Gasteiger partial charge in [-0.05, 0) is 63.2 Å². The normalized spacial score (nSPS) is 11.7. The van der Waals surface area contributed by atoms with E-state index in [0.717, 1.165) is 4.47 Å². The number of benzene rings is 2. The van der Waals surface area contributed by atoms with Crippen LogP contribution in [0.5, 0.6) is 5.75 Å². The van der Waals surface area contributed by atoms with Gasteiger partial charge in [0.15, 0.2) is 0 Å². The third-order valence-electron chi connectivity index (χ3n) is 4.52. The van der Waals surface area contributed by atoms with E-state index in [1.165, 1.54) is 11.6 Å². The lowest BCUT2D eigenvalue weighted by Crippen LogP contribution is -2.36. The summed E-state index contributed by atoms with van der Waals surface area (Å²) in [7, 11) is 0. The number of carbonyl (C=O) groups excluding carboxylic acids is 2. The smallest absolute Gasteiger partial charge is 0.471 e. The first kappa shape index (κ1) is 25.7. The summed E-state index contributed by atoms with van der Waals surface area (Å²) in [6.07, 6.45) is -4.23. The Hall–Kier alpha value is -2.55. The molecule has 174 valence electrons. The van der Waals surface area contributed by atoms with E-state index < -0.39 is 12.1 Å². The standard InChI is InChI=1S/C23H26BrF3N2O3/c1-22(2,3)16-9-10-19(18(24)13-16)32-11-5-8-20(30)29-17-7-4-6-15(12-17)14-28-21(31)23(25,26)27/h4,6-7,9-10,12-13H,5,8,11,14H2,1-3H3,(H,28,31)(H,29,30). The number of nitrogens with one attached hydrogen (secondary N) is 2. The second kappa shape index (κ2) is 10.8. The second-order valence-electron chi connectivity index (χ2n) is 8.28. The van der Waals surface area contributed by atoms with Crippen LogP contribution in [0.15, 0.2) is 46.9 Å². The third kappa shape index (κ3) is 8.18. The van der Waals surface area contributed by atoms with Crippen molar-refractivity contribution in [2.75, 3.05) is 11.9 Å². The molecule has 0 aliphatic rings. The predicted molar refractivity (Wildman–Crippen MR) is 121 cm³/mol. The SMILES string of the molecule is CC(C)(C)c1ccc(OCCCC(=O)Nc2cccc(CNC(=O)C(F)(F)F)c2)c(Br)c1. The quantitative estimate of drug-likeness (QED) is 0.442. The highest BCUT2D eigenvalue weighted by Gasteiger charge is 2.38. The molecule has 9 heteroatoms. The van der Waals surface area contributed by atoms with E-state index in [1.54, 1.807) is 23.5 Å². The Morgan fingerprint density at radius 2 is 1.78 bits per heavy atom. The summed E-state index contributed by atoms with van der Waals surface area (Å²) in [4.78, 5) is 23.1. The molecule has 0 aromatic heterocycles. The van der Waals surface area contributed by atoms with Crippen molar-refractivity contribution in [1.82, 2.24) is 5.32 Å². The summed E-state index contributed by atoms with van der Waals surface area (Å²) in [5.41, 5.74) is 2.08. The molecule has 32 heavy (non-hydrogen) atoms. The number of rotatable bonds is 8. The fourth-order valence-electron chi connectivity index (χ4n) is 2.76. The van der Waals surface area contributed by atoms with Crippen LogP contribution >= 0.6 is 15.9 Å². The second-order valence-corrected chi connectivity index (χ2v) is 9.13. The van der Waals surface area contributed by atoms with Crippen molar-refractivity contribution in [3.8, 4) is 5.75 Å². The lowest BCUT2D eigenvalue weighted by Gasteiger charge is -2.20. The third-order valence-corrected chi connectivity index (χ3v) is 5.14. The lowest BCUT2D eigenvalue weighted by atomic mass is 9.87. The van der Waals surface area contributed by atoms with Crippen molar-refractivity contribution in [1.29, 1.82) is 0 Å². The van der Waals surface area contributed by atoms with Gasteiger partial charge in [0.1, 0.15) is 5.75 Å². The Bertz CT molecular complexity index is 956. The molecule has 0 heterocycles. The zero-order valence-corrected chi connectivity index (χ0v) is 19.7. The first-order chi connectivity index (χ1) is 14.9. The van der Waals surface area contributed by atoms with Crippen LogP contribution in [-0.4, -0.2) is 24.6 Å². The molecular formula is C23H26BrF3N2O3. The number of anilines is 1. The lowest BCUT2D eigenvalue weighted by molar-refractivity contribution is -0.173. The van der Waals surface area contributed by atoms with E-state index >= 15 is 0 Å². The maximum absolute atomic E-state index is 12.3. The molecule has 0 unspecified atom stereocenters. The van der Waals surface area contributed by atoms with Gasteiger partial charge < -0.3 is 15.4 Å². The van der Waals surface area contributed by atoms with Gasteiger partial charge in [0.25, 0.3) is 0 Å². The van der Waals surface area contributed by atoms with E-state index in [4.69, 9.17) is 4.74 Å². The first-order valence-electron chi connectivity index (χ1n) is 10.0. The average molecular weight is 515 g/mol. The molecule has 0 saturated heterocycles. The average Bonchev–Trinajstić information content (AvgIpc) is 2.69. The number of ether oxygens (including phenoxy) is 1. The first-order valence-corrected chi connectivity index (χ1v) is 10.8. The number of carbonyl (C=O) groups is 2. The van der Waals surface area contributed by atoms with Gasteiger partial charge in [-0.15, -0.1) is 0 Å². The Kier molecular flexibility index (Phi) is 8.72. The fourth-order valence-corrected chi connectivity index (χ4v) is 3.26. The van der Waals surface area contributed by atoms with Crippen LogP contribution in [-0.2, 0) is 21.5 Å². The number of halogens is 4. The van der Waals surface area contributed by atoms with Gasteiger partial charge in [0.05, 0.1) is 11.1 Å². The number of amides is 2. The molecule has 2 aromatic rings. The predicted octanol–water partition coefficient (Wildman–Crippen LogP) is 5.72. The maximum Gasteiger partial charge on any atom is 0.471 e. The summed E-state index contributed by atoms with van der Waals surface area (Å²) in [5.74, 6) is -1.55. The Labute approximate surface area is 193 Å². The van der Waals surface area contributed by atoms with Gasteiger partial charge in [-0.1, -0.05) is 39.0 Å². The van der Waals surface area contributed by atoms with E-state index in [1.807, 2.05) is 18.2 Å². The molecular weight excluding hydrogens is 489 g/mol. The molecule has 2 N–H and O–H groups in total. The highest BCUT2D eigenvalue weighted by Crippen LogP contribution is 2.31. The Morgan fingerprint density at radius 3 is 2.41 bits per heavy atom. The van der Waals surface area contributed by atoms with Crippen LogP contribution in [0.3, 0.4) is 0 Å². The molecule has 0 aliphatic heterocycles. The maximum atomic E-state index is 12.3. The van der Waals surface area contributed by atoms with Crippen LogP contribution in [0.4, 0.5) is 18.9 Å². The van der Waals surface area contributed by atoms with Gasteiger partial charge in [0.2, 0.25) is 5.91 Å². The summed E-state index contributed by atoms with van der Waals surface area (Å²) < 4.78 is 43.4. The van der Waals surface area contributed by atoms with Crippen molar-refractivity contribution in [3.05, 3.63) is 58.1 Å². The van der Waals surface area contributed by atoms with Gasteiger partial charge in [0, 0.05) is 18.7 Å². The molecule has 0 bridgehead atoms. The van der Waals surface area contributed by atoms with E-state index in [-0.39, 0.29) is 24.3 Å². The molecule has 0 atom stereocenters. The number of hydrogen-bond acceptors (Lipinski definition) is 3. The zero-order chi connectivity index (χ0) is 23.9. The minimum absolute atomic E-state index is 0.0281. The van der Waals surface area contributed by atoms with Crippen LogP contribution in [0.25, 0.3) is 0 Å². The largest absolute Gasteiger partial charge is 0.492 e. The Morgan fingerprint density at radius 1 is 1.06 bits per heavy atom. The fraction of sp³-hybridized carbons (Fsp3) is 0.391. The van der Waals surface area contributed by atoms with Gasteiger partial charge >= 0.3 is 12.1 Å². The Balaban J connectivity index is 1.78. The molecule has 0 aliphatic carbocycles. The van der Waals surface area contributed by atoms with Gasteiger partial charge in [-0.3, -0.25) is 9.59 Å². The van der Waals surface area contributed by atoms with Crippen LogP contribution in [0.2, 0.25) is 0 Å². The molecule has 5 nitrogen and oxygen atoms in total. The molecule has 0 radical (unpaired) electrons. The molecule has 2 amide bonds. The van der Waals surface area contributed by atoms with Crippen LogP contribution in [0, 0.1) is 0 Å². The summed E-state index contributed by atoms with van der Waals surface area (Å²) in [6.45, 7) is 6.44. The van der Waals surface area contributed by atoms with Gasteiger partial charge in [-0.25, -0.2) is 0 Å². The van der Waals surface area contributed by atoms with E-state index in [2.05, 4.69) is 42.0 Å². The van der Waals surface area contributed by atoms with Crippen molar-refractivity contribution in [2.45, 2.75) is 51.7 Å². The van der Waals surface area contributed by atoms with Crippen LogP contribution < -0.4 is 15.4 Å². The molecule has 2 rings (SSSR count). The molecule has 2 aromatic carbocycles. The van der Waals surface area contributed by atoms with Crippen molar-refractivity contribution in [3.63, 3.8) is 0 Å². The zero-order valence-electron chi connectivity index (χ0n) is 18.1. The molecule has 0 spiro atoms. The molecule has 0 saturated carbocycles. The highest BCUT2D eigenvalue weighted by atomic mass is 79.9. The van der Waals surface area contributed by atoms with Crippen molar-refractivity contribution in [2.24, 2.45) is 0 Å². The summed E-state index contributed by atoms with van der Waals surface area (Å²) in [5, 5.41) is 4.49. The minimum Gasteiger partial charge on any atom is -0.492 e. The highest BCUT2D eigenvalue weighted by molar-refractivity contribution is 9.10. The van der Waals surface area contributed by atoms with Crippen molar-refractivity contribution < 1.29 is 27.5 Å². The topological polar surface area (TPSA) is 67.4 Å². The van der Waals surface area contributed by atoms with E-state index in [0.29, 0.717) is 30.0 Å². The van der Waals surface area contributed by atoms with Crippen LogP contribution in [0.1, 0.15) is 44.7 Å². The summed E-state index contributed by atoms with van der Waals surface area (Å²) >= 11 is 3.51. The monoisotopic (exact) mass is 514 g/mol. The number of hydrogen-bond donors (Lipinski definition) is 2. The van der Waals surface area contributed by atoms with Crippen molar-refractivity contribution >= 4 is 33.4 Å². The summed E-state index contributed by atoms with van der Waals surface area (Å²) in [6, 6.07) is 12.2.